The third-order valence-corrected chi connectivity index (χ3v) is 3.37. The number of methoxy groups -OCH3 is 1. The lowest BCUT2D eigenvalue weighted by Gasteiger charge is -2.18. The summed E-state index contributed by atoms with van der Waals surface area (Å²) in [6.45, 7) is 6.18. The van der Waals surface area contributed by atoms with Crippen LogP contribution in [0, 0.1) is 17.8 Å². The van der Waals surface area contributed by atoms with Crippen molar-refractivity contribution in [1.29, 1.82) is 0 Å². The average Bonchev–Trinajstić information content (AvgIpc) is 2.36. The zero-order chi connectivity index (χ0) is 14.4. The van der Waals surface area contributed by atoms with E-state index in [2.05, 4.69) is 26.8 Å². The van der Waals surface area contributed by atoms with Gasteiger partial charge in [0, 0.05) is 12.8 Å². The fraction of sp³-hybridized carbons (Fsp3) is 0.625. The van der Waals surface area contributed by atoms with Crippen molar-refractivity contribution < 1.29 is 14.3 Å². The van der Waals surface area contributed by atoms with Gasteiger partial charge in [-0.1, -0.05) is 39.0 Å². The van der Waals surface area contributed by atoms with Crippen LogP contribution in [0.15, 0.2) is 23.8 Å². The van der Waals surface area contributed by atoms with Crippen molar-refractivity contribution in [2.45, 2.75) is 40.0 Å². The monoisotopic (exact) mass is 264 g/mol. The Balaban J connectivity index is 2.50. The molecule has 2 unspecified atom stereocenters. The quantitative estimate of drug-likeness (QED) is 0.691. The minimum Gasteiger partial charge on any atom is -0.469 e. The second kappa shape index (κ2) is 7.27. The summed E-state index contributed by atoms with van der Waals surface area (Å²) in [5.74, 6) is 0.578. The van der Waals surface area contributed by atoms with Crippen molar-refractivity contribution in [1.82, 2.24) is 0 Å². The van der Waals surface area contributed by atoms with E-state index in [1.165, 1.54) is 7.11 Å². The number of ether oxygens (including phenoxy) is 1. The summed E-state index contributed by atoms with van der Waals surface area (Å²) >= 11 is 0. The molecule has 0 spiro atoms. The molecule has 0 bridgehead atoms. The van der Waals surface area contributed by atoms with Crippen molar-refractivity contribution in [3.05, 3.63) is 23.8 Å². The van der Waals surface area contributed by atoms with Gasteiger partial charge in [-0.2, -0.15) is 0 Å². The number of rotatable bonds is 6. The number of allylic oxidation sites excluding steroid dienone is 3. The third kappa shape index (κ3) is 5.01. The molecule has 2 atom stereocenters. The summed E-state index contributed by atoms with van der Waals surface area (Å²) in [5.41, 5.74) is 1.15. The van der Waals surface area contributed by atoms with Crippen LogP contribution in [0.3, 0.4) is 0 Å². The van der Waals surface area contributed by atoms with E-state index in [0.29, 0.717) is 31.0 Å². The summed E-state index contributed by atoms with van der Waals surface area (Å²) in [4.78, 5) is 23.2. The Morgan fingerprint density at radius 1 is 1.32 bits per heavy atom. The fourth-order valence-electron chi connectivity index (χ4n) is 2.33. The molecular formula is C16H24O3. The van der Waals surface area contributed by atoms with Crippen LogP contribution in [-0.2, 0) is 14.3 Å². The van der Waals surface area contributed by atoms with Crippen molar-refractivity contribution in [3.63, 3.8) is 0 Å². The molecule has 1 rings (SSSR count). The van der Waals surface area contributed by atoms with Crippen molar-refractivity contribution >= 4 is 11.8 Å². The van der Waals surface area contributed by atoms with E-state index >= 15 is 0 Å². The smallest absolute Gasteiger partial charge is 0.312 e. The van der Waals surface area contributed by atoms with Gasteiger partial charge in [0.2, 0.25) is 0 Å². The van der Waals surface area contributed by atoms with Gasteiger partial charge in [0.05, 0.1) is 13.0 Å². The fourth-order valence-corrected chi connectivity index (χ4v) is 2.33. The second-order valence-electron chi connectivity index (χ2n) is 5.67. The Morgan fingerprint density at radius 3 is 2.47 bits per heavy atom. The number of esters is 1. The zero-order valence-electron chi connectivity index (χ0n) is 12.3. The lowest BCUT2D eigenvalue weighted by atomic mass is 9.87. The van der Waals surface area contributed by atoms with Crippen LogP contribution >= 0.6 is 0 Å². The molecule has 0 saturated carbocycles. The Kier molecular flexibility index (Phi) is 6.00. The van der Waals surface area contributed by atoms with E-state index in [1.54, 1.807) is 0 Å². The van der Waals surface area contributed by atoms with Gasteiger partial charge >= 0.3 is 5.97 Å². The van der Waals surface area contributed by atoms with E-state index < -0.39 is 0 Å². The molecule has 0 saturated heterocycles. The standard InChI is InChI=1S/C16H24O3/c1-11(2)9-15(17)10-12(3)13-5-7-14(8-6-13)16(18)19-4/h5-7,11-12,14H,8-10H2,1-4H3. The highest BCUT2D eigenvalue weighted by Crippen LogP contribution is 2.25. The lowest BCUT2D eigenvalue weighted by Crippen LogP contribution is -2.17. The van der Waals surface area contributed by atoms with Gasteiger partial charge in [-0.25, -0.2) is 0 Å². The van der Waals surface area contributed by atoms with Crippen LogP contribution < -0.4 is 0 Å². The first-order valence-electron chi connectivity index (χ1n) is 6.91. The number of carbonyl (C=O) groups is 2. The molecule has 0 aromatic rings. The zero-order valence-corrected chi connectivity index (χ0v) is 12.3. The van der Waals surface area contributed by atoms with Crippen LogP contribution in [0.5, 0.6) is 0 Å². The largest absolute Gasteiger partial charge is 0.469 e. The van der Waals surface area contributed by atoms with Gasteiger partial charge in [-0.05, 0) is 23.8 Å². The maximum atomic E-state index is 11.8. The summed E-state index contributed by atoms with van der Waals surface area (Å²) < 4.78 is 4.72. The van der Waals surface area contributed by atoms with E-state index in [4.69, 9.17) is 4.74 Å². The normalized spacial score (nSPS) is 20.1. The van der Waals surface area contributed by atoms with Crippen LogP contribution in [-0.4, -0.2) is 18.9 Å². The first kappa shape index (κ1) is 15.7. The lowest BCUT2D eigenvalue weighted by molar-refractivity contribution is -0.143. The molecule has 3 nitrogen and oxygen atoms in total. The van der Waals surface area contributed by atoms with Gasteiger partial charge in [0.15, 0.2) is 0 Å². The van der Waals surface area contributed by atoms with Crippen molar-refractivity contribution in [3.8, 4) is 0 Å². The summed E-state index contributed by atoms with van der Waals surface area (Å²) in [7, 11) is 1.41. The molecule has 0 aliphatic heterocycles. The summed E-state index contributed by atoms with van der Waals surface area (Å²) in [6.07, 6.45) is 7.78. The van der Waals surface area contributed by atoms with E-state index in [0.717, 1.165) is 5.57 Å². The predicted octanol–water partition coefficient (Wildman–Crippen LogP) is 3.30. The summed E-state index contributed by atoms with van der Waals surface area (Å²) in [5, 5.41) is 0. The maximum Gasteiger partial charge on any atom is 0.312 e. The Bertz CT molecular complexity index is 391. The molecule has 0 aromatic carbocycles. The maximum absolute atomic E-state index is 11.8. The molecule has 1 aliphatic rings. The highest BCUT2D eigenvalue weighted by molar-refractivity contribution is 5.79. The predicted molar refractivity (Wildman–Crippen MR) is 75.6 cm³/mol. The topological polar surface area (TPSA) is 43.4 Å². The molecule has 3 heteroatoms. The molecule has 0 N–H and O–H groups in total. The minimum absolute atomic E-state index is 0.174. The van der Waals surface area contributed by atoms with Gasteiger partial charge in [0.25, 0.3) is 0 Å². The van der Waals surface area contributed by atoms with Gasteiger partial charge < -0.3 is 4.74 Å². The van der Waals surface area contributed by atoms with Crippen LogP contribution in [0.25, 0.3) is 0 Å². The number of hydrogen-bond acceptors (Lipinski definition) is 3. The summed E-state index contributed by atoms with van der Waals surface area (Å²) in [6, 6.07) is 0. The van der Waals surface area contributed by atoms with Crippen LogP contribution in [0.2, 0.25) is 0 Å². The van der Waals surface area contributed by atoms with E-state index in [-0.39, 0.29) is 17.8 Å². The van der Waals surface area contributed by atoms with E-state index in [1.807, 2.05) is 12.2 Å². The first-order chi connectivity index (χ1) is 8.93. The number of hydrogen-bond donors (Lipinski definition) is 0. The molecule has 1 aliphatic carbocycles. The molecule has 0 aromatic heterocycles. The SMILES string of the molecule is COC(=O)C1C=CC(C(C)CC(=O)CC(C)C)=CC1. The number of ketones is 1. The average molecular weight is 264 g/mol. The van der Waals surface area contributed by atoms with Gasteiger partial charge in [0.1, 0.15) is 5.78 Å². The van der Waals surface area contributed by atoms with Crippen LogP contribution in [0.4, 0.5) is 0 Å². The Labute approximate surface area is 115 Å². The highest BCUT2D eigenvalue weighted by atomic mass is 16.5. The molecular weight excluding hydrogens is 240 g/mol. The van der Waals surface area contributed by atoms with Crippen molar-refractivity contribution in [2.75, 3.05) is 7.11 Å². The van der Waals surface area contributed by atoms with Gasteiger partial charge in [-0.3, -0.25) is 9.59 Å². The second-order valence-corrected chi connectivity index (χ2v) is 5.67. The number of Topliss-reactive ketones (excluding diaryl/α,β-unsaturated/α-hetero) is 1. The molecule has 106 valence electrons. The third-order valence-electron chi connectivity index (χ3n) is 3.37. The molecule has 0 amide bonds. The van der Waals surface area contributed by atoms with Gasteiger partial charge in [-0.15, -0.1) is 0 Å². The molecule has 19 heavy (non-hydrogen) atoms. The van der Waals surface area contributed by atoms with E-state index in [9.17, 15) is 9.59 Å². The van der Waals surface area contributed by atoms with Crippen LogP contribution in [0.1, 0.15) is 40.0 Å². The Morgan fingerprint density at radius 2 is 2.00 bits per heavy atom. The molecule has 0 heterocycles. The first-order valence-corrected chi connectivity index (χ1v) is 6.91. The Hall–Kier alpha value is -1.38. The highest BCUT2D eigenvalue weighted by Gasteiger charge is 2.20. The molecule has 0 radical (unpaired) electrons. The molecule has 0 fully saturated rings. The number of carbonyl (C=O) groups excluding carboxylic acids is 2. The minimum atomic E-state index is -0.199. The van der Waals surface area contributed by atoms with Crippen molar-refractivity contribution in [2.24, 2.45) is 17.8 Å².